The van der Waals surface area contributed by atoms with Gasteiger partial charge < -0.3 is 10.4 Å². The van der Waals surface area contributed by atoms with Crippen molar-refractivity contribution in [3.63, 3.8) is 0 Å². The predicted octanol–water partition coefficient (Wildman–Crippen LogP) is 3.62. The highest BCUT2D eigenvalue weighted by molar-refractivity contribution is 5.78. The first kappa shape index (κ1) is 18.8. The van der Waals surface area contributed by atoms with Gasteiger partial charge in [0.2, 0.25) is 12.4 Å². The van der Waals surface area contributed by atoms with Crippen molar-refractivity contribution in [2.24, 2.45) is 0 Å². The maximum Gasteiger partial charge on any atom is 0.202 e. The summed E-state index contributed by atoms with van der Waals surface area (Å²) in [7, 11) is 0. The van der Waals surface area contributed by atoms with E-state index in [0.29, 0.717) is 22.8 Å². The molecule has 0 amide bonds. The predicted molar refractivity (Wildman–Crippen MR) is 103 cm³/mol. The lowest BCUT2D eigenvalue weighted by atomic mass is 9.96. The topological polar surface area (TPSA) is 77.9 Å². The van der Waals surface area contributed by atoms with E-state index in [0.717, 1.165) is 60.8 Å². The third-order valence-corrected chi connectivity index (χ3v) is 5.69. The number of nitrogens with zero attached hydrogens (tertiary/aromatic N) is 4. The Kier molecular flexibility index (Phi) is 6.22. The van der Waals surface area contributed by atoms with Crippen LogP contribution in [0.2, 0.25) is 0 Å². The van der Waals surface area contributed by atoms with Gasteiger partial charge in [-0.2, -0.15) is 0 Å². The molecule has 0 spiro atoms. The summed E-state index contributed by atoms with van der Waals surface area (Å²) in [6.45, 7) is 3.69. The molecule has 2 aliphatic carbocycles. The third-order valence-electron chi connectivity index (χ3n) is 5.69. The molecule has 6 nitrogen and oxygen atoms in total. The fourth-order valence-electron chi connectivity index (χ4n) is 4.01. The average Bonchev–Trinajstić information content (AvgIpc) is 2.67. The number of rotatable bonds is 4. The minimum Gasteiger partial charge on any atom is -0.624 e. The van der Waals surface area contributed by atoms with Gasteiger partial charge in [0, 0.05) is 25.7 Å². The molecular formula is C20H30N4O2. The van der Waals surface area contributed by atoms with Crippen molar-refractivity contribution in [1.29, 1.82) is 0 Å². The standard InChI is InChI=1S/C20H30N4O2/c1-15-19(13-23(25)17-9-5-3-6-10-17)22-16(2)20(21-15)14-24(26)18-11-7-4-8-12-18/h13-14,17-18H,3-12H2,1-2H3/b23-13+,24-14+. The summed E-state index contributed by atoms with van der Waals surface area (Å²) in [6, 6.07) is 0.111. The first-order valence-corrected chi connectivity index (χ1v) is 10.0. The van der Waals surface area contributed by atoms with Gasteiger partial charge in [-0.3, -0.25) is 0 Å². The van der Waals surface area contributed by atoms with E-state index in [1.54, 1.807) is 12.4 Å². The van der Waals surface area contributed by atoms with Crippen LogP contribution >= 0.6 is 0 Å². The Labute approximate surface area is 155 Å². The molecule has 2 aliphatic rings. The van der Waals surface area contributed by atoms with Crippen molar-refractivity contribution >= 4 is 12.4 Å². The molecule has 2 fully saturated rings. The van der Waals surface area contributed by atoms with Gasteiger partial charge in [0.25, 0.3) is 0 Å². The third kappa shape index (κ3) is 4.59. The number of aromatic nitrogens is 2. The minimum absolute atomic E-state index is 0.0555. The normalized spacial score (nSPS) is 21.2. The van der Waals surface area contributed by atoms with E-state index < -0.39 is 0 Å². The summed E-state index contributed by atoms with van der Waals surface area (Å²) >= 11 is 0. The van der Waals surface area contributed by atoms with Gasteiger partial charge >= 0.3 is 0 Å². The van der Waals surface area contributed by atoms with Gasteiger partial charge in [-0.25, -0.2) is 19.4 Å². The first-order valence-electron chi connectivity index (χ1n) is 10.0. The minimum atomic E-state index is 0.0555. The number of hydrogen-bond donors (Lipinski definition) is 0. The molecule has 1 aromatic heterocycles. The Bertz CT molecular complexity index is 628. The van der Waals surface area contributed by atoms with Crippen LogP contribution in [0.15, 0.2) is 0 Å². The molecular weight excluding hydrogens is 328 g/mol. The molecule has 0 aliphatic heterocycles. The number of hydrogen-bond acceptors (Lipinski definition) is 4. The molecule has 0 unspecified atom stereocenters. The molecule has 6 heteroatoms. The SMILES string of the molecule is Cc1nc(/C=[N+](/[O-])C2CCCCC2)c(C)nc1/C=[N+](/[O-])C1CCCCC1. The monoisotopic (exact) mass is 358 g/mol. The molecule has 142 valence electrons. The van der Waals surface area contributed by atoms with Crippen LogP contribution in [-0.2, 0) is 0 Å². The highest BCUT2D eigenvalue weighted by Crippen LogP contribution is 2.21. The molecule has 3 rings (SSSR count). The molecule has 1 heterocycles. The highest BCUT2D eigenvalue weighted by Gasteiger charge is 2.22. The van der Waals surface area contributed by atoms with E-state index in [4.69, 9.17) is 0 Å². The maximum atomic E-state index is 12.4. The zero-order valence-electron chi connectivity index (χ0n) is 16.0. The van der Waals surface area contributed by atoms with E-state index in [2.05, 4.69) is 9.97 Å². The van der Waals surface area contributed by atoms with E-state index in [-0.39, 0.29) is 12.1 Å². The largest absolute Gasteiger partial charge is 0.624 e. The molecule has 0 atom stereocenters. The molecule has 26 heavy (non-hydrogen) atoms. The van der Waals surface area contributed by atoms with Crippen molar-refractivity contribution in [2.45, 2.75) is 90.1 Å². The van der Waals surface area contributed by atoms with E-state index in [1.165, 1.54) is 12.8 Å². The zero-order valence-corrected chi connectivity index (χ0v) is 16.0. The van der Waals surface area contributed by atoms with E-state index in [1.807, 2.05) is 13.8 Å². The van der Waals surface area contributed by atoms with Gasteiger partial charge in [-0.1, -0.05) is 12.8 Å². The fourth-order valence-corrected chi connectivity index (χ4v) is 4.01. The van der Waals surface area contributed by atoms with Crippen molar-refractivity contribution in [2.75, 3.05) is 0 Å². The molecule has 0 N–H and O–H groups in total. The Hall–Kier alpha value is -1.98. The summed E-state index contributed by atoms with van der Waals surface area (Å²) in [5.41, 5.74) is 2.59. The van der Waals surface area contributed by atoms with Gasteiger partial charge in [-0.05, 0) is 39.5 Å². The van der Waals surface area contributed by atoms with Crippen LogP contribution in [0.4, 0.5) is 0 Å². The van der Waals surface area contributed by atoms with Gasteiger partial charge in [0.05, 0.1) is 11.4 Å². The molecule has 0 radical (unpaired) electrons. The lowest BCUT2D eigenvalue weighted by Crippen LogP contribution is -2.27. The summed E-state index contributed by atoms with van der Waals surface area (Å²) in [5, 5.41) is 24.9. The number of hydroxylamine groups is 2. The van der Waals surface area contributed by atoms with Gasteiger partial charge in [0.1, 0.15) is 11.4 Å². The van der Waals surface area contributed by atoms with E-state index >= 15 is 0 Å². The Morgan fingerprint density at radius 3 is 1.38 bits per heavy atom. The summed E-state index contributed by atoms with van der Waals surface area (Å²) in [4.78, 5) is 9.10. The summed E-state index contributed by atoms with van der Waals surface area (Å²) in [5.74, 6) is 0. The molecule has 0 aromatic carbocycles. The summed E-state index contributed by atoms with van der Waals surface area (Å²) < 4.78 is 2.11. The van der Waals surface area contributed by atoms with Gasteiger partial charge in [-0.15, -0.1) is 0 Å². The second kappa shape index (κ2) is 8.60. The quantitative estimate of drug-likeness (QED) is 0.356. The van der Waals surface area contributed by atoms with Crippen LogP contribution in [0.1, 0.15) is 87.0 Å². The lowest BCUT2D eigenvalue weighted by molar-refractivity contribution is -0.501. The fraction of sp³-hybridized carbons (Fsp3) is 0.700. The van der Waals surface area contributed by atoms with Crippen LogP contribution in [-0.4, -0.2) is 44.0 Å². The summed E-state index contributed by atoms with van der Waals surface area (Å²) in [6.07, 6.45) is 13.9. The van der Waals surface area contributed by atoms with Crippen molar-refractivity contribution in [1.82, 2.24) is 9.97 Å². The van der Waals surface area contributed by atoms with Crippen LogP contribution in [0, 0.1) is 24.3 Å². The zero-order chi connectivity index (χ0) is 18.5. The van der Waals surface area contributed by atoms with Crippen molar-refractivity contribution in [3.05, 3.63) is 33.2 Å². The molecule has 1 aromatic rings. The Balaban J connectivity index is 1.79. The Morgan fingerprint density at radius 1 is 0.692 bits per heavy atom. The van der Waals surface area contributed by atoms with Crippen molar-refractivity contribution < 1.29 is 9.48 Å². The van der Waals surface area contributed by atoms with Crippen LogP contribution < -0.4 is 0 Å². The smallest absolute Gasteiger partial charge is 0.202 e. The molecule has 0 bridgehead atoms. The second-order valence-electron chi connectivity index (χ2n) is 7.73. The van der Waals surface area contributed by atoms with Gasteiger partial charge in [0.15, 0.2) is 12.1 Å². The second-order valence-corrected chi connectivity index (χ2v) is 7.73. The maximum absolute atomic E-state index is 12.4. The average molecular weight is 358 g/mol. The lowest BCUT2D eigenvalue weighted by Gasteiger charge is -2.21. The van der Waals surface area contributed by atoms with Crippen molar-refractivity contribution in [3.8, 4) is 0 Å². The van der Waals surface area contributed by atoms with E-state index in [9.17, 15) is 10.4 Å². The highest BCUT2D eigenvalue weighted by atomic mass is 16.5. The van der Waals surface area contributed by atoms with Crippen LogP contribution in [0.3, 0.4) is 0 Å². The molecule has 0 saturated heterocycles. The first-order chi connectivity index (χ1) is 12.5. The Morgan fingerprint density at radius 2 is 1.04 bits per heavy atom. The number of aryl methyl sites for hydroxylation is 2. The molecule has 2 saturated carbocycles. The van der Waals surface area contributed by atoms with Crippen LogP contribution in [0.5, 0.6) is 0 Å². The van der Waals surface area contributed by atoms with Crippen LogP contribution in [0.25, 0.3) is 0 Å².